The summed E-state index contributed by atoms with van der Waals surface area (Å²) in [6.45, 7) is 9.61. The fourth-order valence-electron chi connectivity index (χ4n) is 2.65. The molecule has 1 heterocycles. The van der Waals surface area contributed by atoms with Crippen molar-refractivity contribution in [3.8, 4) is 0 Å². The maximum absolute atomic E-state index is 12.7. The van der Waals surface area contributed by atoms with E-state index in [0.717, 1.165) is 22.4 Å². The first kappa shape index (κ1) is 17.3. The molecule has 0 fully saturated rings. The van der Waals surface area contributed by atoms with Crippen LogP contribution in [0.25, 0.3) is 0 Å². The van der Waals surface area contributed by atoms with Gasteiger partial charge in [-0.1, -0.05) is 17.7 Å². The van der Waals surface area contributed by atoms with E-state index in [1.807, 2.05) is 32.9 Å². The molecule has 0 amide bonds. The second kappa shape index (κ2) is 6.58. The van der Waals surface area contributed by atoms with Crippen molar-refractivity contribution in [2.24, 2.45) is 0 Å². The van der Waals surface area contributed by atoms with Crippen LogP contribution in [0.3, 0.4) is 0 Å². The van der Waals surface area contributed by atoms with Crippen LogP contribution in [0.1, 0.15) is 30.5 Å². The summed E-state index contributed by atoms with van der Waals surface area (Å²) in [6.07, 6.45) is 1.62. The second-order valence-corrected chi connectivity index (χ2v) is 7.68. The van der Waals surface area contributed by atoms with Crippen molar-refractivity contribution in [1.82, 2.24) is 4.98 Å². The Balaban J connectivity index is 2.28. The van der Waals surface area contributed by atoms with Gasteiger partial charge in [0.15, 0.2) is 0 Å². The predicted molar refractivity (Wildman–Crippen MR) is 94.5 cm³/mol. The van der Waals surface area contributed by atoms with Gasteiger partial charge in [0.2, 0.25) is 0 Å². The third-order valence-corrected chi connectivity index (χ3v) is 4.99. The second-order valence-electron chi connectivity index (χ2n) is 6.06. The number of hydrogen-bond donors (Lipinski definition) is 2. The first-order valence-corrected chi connectivity index (χ1v) is 9.00. The van der Waals surface area contributed by atoms with E-state index in [2.05, 4.69) is 15.0 Å². The maximum atomic E-state index is 12.7. The van der Waals surface area contributed by atoms with Gasteiger partial charge < -0.3 is 5.32 Å². The minimum absolute atomic E-state index is 0.289. The number of pyridine rings is 1. The van der Waals surface area contributed by atoms with E-state index in [9.17, 15) is 8.42 Å². The molecular formula is C17H23N3O2S. The minimum Gasteiger partial charge on any atom is -0.382 e. The van der Waals surface area contributed by atoms with Gasteiger partial charge in [-0.2, -0.15) is 0 Å². The molecule has 0 bridgehead atoms. The Bertz CT molecular complexity index is 774. The Labute approximate surface area is 138 Å². The monoisotopic (exact) mass is 333 g/mol. The van der Waals surface area contributed by atoms with Gasteiger partial charge >= 0.3 is 0 Å². The topological polar surface area (TPSA) is 71.1 Å². The van der Waals surface area contributed by atoms with E-state index in [4.69, 9.17) is 0 Å². The maximum Gasteiger partial charge on any atom is 0.263 e. The molecule has 0 saturated heterocycles. The highest BCUT2D eigenvalue weighted by Crippen LogP contribution is 2.24. The van der Waals surface area contributed by atoms with E-state index < -0.39 is 10.0 Å². The third kappa shape index (κ3) is 4.22. The zero-order valence-electron chi connectivity index (χ0n) is 14.1. The highest BCUT2D eigenvalue weighted by atomic mass is 32.2. The van der Waals surface area contributed by atoms with E-state index in [0.29, 0.717) is 10.7 Å². The van der Waals surface area contributed by atoms with Crippen molar-refractivity contribution in [1.29, 1.82) is 0 Å². The fraction of sp³-hybridized carbons (Fsp3) is 0.353. The van der Waals surface area contributed by atoms with Gasteiger partial charge in [-0.05, 0) is 57.9 Å². The molecule has 0 aliphatic heterocycles. The van der Waals surface area contributed by atoms with Crippen molar-refractivity contribution in [3.63, 3.8) is 0 Å². The number of rotatable bonds is 5. The van der Waals surface area contributed by atoms with Gasteiger partial charge in [0.1, 0.15) is 5.82 Å². The lowest BCUT2D eigenvalue weighted by Gasteiger charge is -2.14. The molecule has 0 radical (unpaired) electrons. The van der Waals surface area contributed by atoms with Gasteiger partial charge in [-0.25, -0.2) is 13.4 Å². The summed E-state index contributed by atoms with van der Waals surface area (Å²) in [5, 5.41) is 3.21. The number of nitrogens with zero attached hydrogens (tertiary/aromatic N) is 1. The molecule has 6 heteroatoms. The molecule has 2 N–H and O–H groups in total. The average Bonchev–Trinajstić information content (AvgIpc) is 2.38. The van der Waals surface area contributed by atoms with Gasteiger partial charge in [-0.15, -0.1) is 0 Å². The number of hydrogen-bond acceptors (Lipinski definition) is 4. The Morgan fingerprint density at radius 3 is 2.13 bits per heavy atom. The lowest BCUT2D eigenvalue weighted by molar-refractivity contribution is 0.600. The Morgan fingerprint density at radius 2 is 1.65 bits per heavy atom. The molecule has 0 aliphatic rings. The molecule has 0 saturated carbocycles. The van der Waals surface area contributed by atoms with E-state index >= 15 is 0 Å². The number of benzene rings is 1. The lowest BCUT2D eigenvalue weighted by atomic mass is 10.1. The van der Waals surface area contributed by atoms with Crippen LogP contribution in [0, 0.1) is 20.8 Å². The molecule has 1 aromatic heterocycles. The summed E-state index contributed by atoms with van der Waals surface area (Å²) in [5.41, 5.74) is 3.35. The van der Waals surface area contributed by atoms with Crippen LogP contribution in [0.15, 0.2) is 35.4 Å². The van der Waals surface area contributed by atoms with Gasteiger partial charge in [0.05, 0.1) is 16.8 Å². The molecule has 0 atom stereocenters. The van der Waals surface area contributed by atoms with Crippen molar-refractivity contribution in [2.75, 3.05) is 10.0 Å². The third-order valence-electron chi connectivity index (χ3n) is 3.33. The highest BCUT2D eigenvalue weighted by molar-refractivity contribution is 7.92. The zero-order chi connectivity index (χ0) is 17.2. The van der Waals surface area contributed by atoms with Crippen LogP contribution in [0.4, 0.5) is 11.5 Å². The molecule has 0 aliphatic carbocycles. The number of aromatic nitrogens is 1. The highest BCUT2D eigenvalue weighted by Gasteiger charge is 2.20. The molecule has 1 aromatic carbocycles. The molecule has 2 rings (SSSR count). The molecule has 23 heavy (non-hydrogen) atoms. The van der Waals surface area contributed by atoms with E-state index in [1.165, 1.54) is 0 Å². The molecule has 0 unspecified atom stereocenters. The largest absolute Gasteiger partial charge is 0.382 e. The summed E-state index contributed by atoms with van der Waals surface area (Å²) in [4.78, 5) is 4.48. The standard InChI is InChI=1S/C17H23N3O2S/c1-11(2)19-15-6-7-16(18-10-15)20-23(21,22)17-13(4)8-12(3)9-14(17)5/h6-11,19H,1-5H3,(H,18,20). The first-order chi connectivity index (χ1) is 10.7. The number of aryl methyl sites for hydroxylation is 3. The quantitative estimate of drug-likeness (QED) is 0.876. The SMILES string of the molecule is Cc1cc(C)c(S(=O)(=O)Nc2ccc(NC(C)C)cn2)c(C)c1. The summed E-state index contributed by atoms with van der Waals surface area (Å²) >= 11 is 0. The molecular weight excluding hydrogens is 310 g/mol. The number of sulfonamides is 1. The summed E-state index contributed by atoms with van der Waals surface area (Å²) in [6, 6.07) is 7.48. The van der Waals surface area contributed by atoms with Crippen LogP contribution in [-0.4, -0.2) is 19.4 Å². The average molecular weight is 333 g/mol. The van der Waals surface area contributed by atoms with E-state index in [-0.39, 0.29) is 6.04 Å². The molecule has 0 spiro atoms. The Kier molecular flexibility index (Phi) is 4.94. The number of anilines is 2. The van der Waals surface area contributed by atoms with Crippen LogP contribution < -0.4 is 10.0 Å². The van der Waals surface area contributed by atoms with Gasteiger partial charge in [-0.3, -0.25) is 4.72 Å². The zero-order valence-corrected chi connectivity index (χ0v) is 15.0. The van der Waals surface area contributed by atoms with Crippen molar-refractivity contribution >= 4 is 21.5 Å². The predicted octanol–water partition coefficient (Wildman–Crippen LogP) is 3.63. The molecule has 124 valence electrons. The van der Waals surface area contributed by atoms with Crippen LogP contribution >= 0.6 is 0 Å². The van der Waals surface area contributed by atoms with Crippen LogP contribution in [0.5, 0.6) is 0 Å². The van der Waals surface area contributed by atoms with Crippen molar-refractivity contribution in [3.05, 3.63) is 47.2 Å². The molecule has 5 nitrogen and oxygen atoms in total. The normalized spacial score (nSPS) is 11.6. The first-order valence-electron chi connectivity index (χ1n) is 7.52. The molecule has 2 aromatic rings. The summed E-state index contributed by atoms with van der Waals surface area (Å²) in [7, 11) is -3.66. The van der Waals surface area contributed by atoms with Crippen LogP contribution in [-0.2, 0) is 10.0 Å². The van der Waals surface area contributed by atoms with Crippen LogP contribution in [0.2, 0.25) is 0 Å². The van der Waals surface area contributed by atoms with Crippen molar-refractivity contribution in [2.45, 2.75) is 45.6 Å². The van der Waals surface area contributed by atoms with Gasteiger partial charge in [0.25, 0.3) is 10.0 Å². The minimum atomic E-state index is -3.66. The Morgan fingerprint density at radius 1 is 1.04 bits per heavy atom. The van der Waals surface area contributed by atoms with E-state index in [1.54, 1.807) is 32.2 Å². The lowest BCUT2D eigenvalue weighted by Crippen LogP contribution is -2.17. The summed E-state index contributed by atoms with van der Waals surface area (Å²) < 4.78 is 27.9. The fourth-order valence-corrected chi connectivity index (χ4v) is 4.12. The smallest absolute Gasteiger partial charge is 0.263 e. The van der Waals surface area contributed by atoms with Crippen molar-refractivity contribution < 1.29 is 8.42 Å². The number of nitrogens with one attached hydrogen (secondary N) is 2. The Hall–Kier alpha value is -2.08. The van der Waals surface area contributed by atoms with Gasteiger partial charge in [0, 0.05) is 6.04 Å². The summed E-state index contributed by atoms with van der Waals surface area (Å²) in [5.74, 6) is 0.304.